The van der Waals surface area contributed by atoms with Crippen molar-refractivity contribution in [1.82, 2.24) is 9.62 Å². The number of rotatable bonds is 4. The summed E-state index contributed by atoms with van der Waals surface area (Å²) in [6.07, 6.45) is 6.13. The number of nitrogens with zero attached hydrogens (tertiary/aromatic N) is 1. The Labute approximate surface area is 133 Å². The molecule has 3 rings (SSSR count). The second-order valence-corrected chi connectivity index (χ2v) is 8.93. The topological polar surface area (TPSA) is 67.9 Å². The van der Waals surface area contributed by atoms with Crippen LogP contribution in [0.5, 0.6) is 0 Å². The number of likely N-dealkylation sites (tertiary alicyclic amines) is 1. The molecule has 6 nitrogen and oxygen atoms in total. The predicted octanol–water partition coefficient (Wildman–Crippen LogP) is 0.586. The van der Waals surface area contributed by atoms with Crippen molar-refractivity contribution in [3.63, 3.8) is 0 Å². The number of nitrogens with one attached hydrogen (secondary N) is 1. The first-order valence-electron chi connectivity index (χ1n) is 8.36. The number of ether oxygens (including phenoxy) is 2. The molecule has 1 spiro atoms. The molecule has 3 aliphatic rings. The lowest BCUT2D eigenvalue weighted by molar-refractivity contribution is -0.0785. The largest absolute Gasteiger partial charge is 0.381 e. The molecular formula is C15H28N2O4S. The van der Waals surface area contributed by atoms with Gasteiger partial charge in [0.2, 0.25) is 10.0 Å². The molecule has 7 heteroatoms. The highest BCUT2D eigenvalue weighted by atomic mass is 32.2. The van der Waals surface area contributed by atoms with Crippen molar-refractivity contribution in [2.24, 2.45) is 5.92 Å². The Bertz CT molecular complexity index is 478. The molecule has 128 valence electrons. The van der Waals surface area contributed by atoms with E-state index >= 15 is 0 Å². The predicted molar refractivity (Wildman–Crippen MR) is 84.3 cm³/mol. The number of hydrogen-bond donors (Lipinski definition) is 1. The highest BCUT2D eigenvalue weighted by Gasteiger charge is 2.44. The summed E-state index contributed by atoms with van der Waals surface area (Å²) in [5.41, 5.74) is -0.147. The van der Waals surface area contributed by atoms with Gasteiger partial charge >= 0.3 is 0 Å². The van der Waals surface area contributed by atoms with Crippen molar-refractivity contribution < 1.29 is 17.9 Å². The average molecular weight is 332 g/mol. The standard InChI is InChI=1S/C15H28N2O4S/c1-22(18,19)16-14-4-9-21-15(10-14)5-6-17(12-15)11-13-2-7-20-8-3-13/h13-14,16H,2-12H2,1H3/t14-,15+/m0/s1. The molecule has 0 aromatic rings. The van der Waals surface area contributed by atoms with Crippen LogP contribution in [0.15, 0.2) is 0 Å². The molecule has 22 heavy (non-hydrogen) atoms. The van der Waals surface area contributed by atoms with Gasteiger partial charge in [-0.1, -0.05) is 0 Å². The average Bonchev–Trinajstić information content (AvgIpc) is 2.80. The van der Waals surface area contributed by atoms with Crippen LogP contribution in [0.1, 0.15) is 32.1 Å². The van der Waals surface area contributed by atoms with Crippen molar-refractivity contribution >= 4 is 10.0 Å². The Balaban J connectivity index is 1.53. The Kier molecular flexibility index (Phi) is 5.09. The van der Waals surface area contributed by atoms with Gasteiger partial charge in [-0.05, 0) is 38.0 Å². The lowest BCUT2D eigenvalue weighted by atomic mass is 9.90. The molecule has 1 N–H and O–H groups in total. The van der Waals surface area contributed by atoms with E-state index in [0.29, 0.717) is 6.61 Å². The molecule has 0 amide bonds. The zero-order valence-electron chi connectivity index (χ0n) is 13.4. The molecular weight excluding hydrogens is 304 g/mol. The fraction of sp³-hybridized carbons (Fsp3) is 1.00. The van der Waals surface area contributed by atoms with Gasteiger partial charge in [0, 0.05) is 45.5 Å². The van der Waals surface area contributed by atoms with Crippen LogP contribution in [0.3, 0.4) is 0 Å². The summed E-state index contributed by atoms with van der Waals surface area (Å²) in [5.74, 6) is 0.734. The van der Waals surface area contributed by atoms with Crippen molar-refractivity contribution in [2.45, 2.75) is 43.7 Å². The summed E-state index contributed by atoms with van der Waals surface area (Å²) in [4.78, 5) is 2.50. The highest BCUT2D eigenvalue weighted by molar-refractivity contribution is 7.88. The van der Waals surface area contributed by atoms with Crippen LogP contribution in [0.4, 0.5) is 0 Å². The lowest BCUT2D eigenvalue weighted by Crippen LogP contribution is -2.49. The Morgan fingerprint density at radius 3 is 2.73 bits per heavy atom. The van der Waals surface area contributed by atoms with E-state index < -0.39 is 10.0 Å². The van der Waals surface area contributed by atoms with Crippen LogP contribution >= 0.6 is 0 Å². The fourth-order valence-electron chi connectivity index (χ4n) is 4.09. The van der Waals surface area contributed by atoms with Gasteiger partial charge in [0.1, 0.15) is 0 Å². The minimum atomic E-state index is -3.14. The Hall–Kier alpha value is -0.210. The first-order chi connectivity index (χ1) is 10.4. The molecule has 0 bridgehead atoms. The normalized spacial score (nSPS) is 35.2. The van der Waals surface area contributed by atoms with Crippen LogP contribution in [0.25, 0.3) is 0 Å². The van der Waals surface area contributed by atoms with Gasteiger partial charge in [0.25, 0.3) is 0 Å². The van der Waals surface area contributed by atoms with Crippen LogP contribution in [0, 0.1) is 5.92 Å². The minimum Gasteiger partial charge on any atom is -0.381 e. The Morgan fingerprint density at radius 2 is 2.00 bits per heavy atom. The van der Waals surface area contributed by atoms with E-state index in [0.717, 1.165) is 70.9 Å². The van der Waals surface area contributed by atoms with Crippen LogP contribution in [-0.4, -0.2) is 70.7 Å². The summed E-state index contributed by atoms with van der Waals surface area (Å²) in [6, 6.07) is 0.0202. The maximum atomic E-state index is 11.5. The van der Waals surface area contributed by atoms with Gasteiger partial charge < -0.3 is 14.4 Å². The van der Waals surface area contributed by atoms with Gasteiger partial charge in [-0.25, -0.2) is 13.1 Å². The van der Waals surface area contributed by atoms with Crippen LogP contribution in [-0.2, 0) is 19.5 Å². The molecule has 0 unspecified atom stereocenters. The van der Waals surface area contributed by atoms with E-state index in [1.54, 1.807) is 0 Å². The van der Waals surface area contributed by atoms with Gasteiger partial charge in [-0.2, -0.15) is 0 Å². The molecule has 3 heterocycles. The summed E-state index contributed by atoms with van der Waals surface area (Å²) < 4.78 is 37.2. The molecule has 3 saturated heterocycles. The van der Waals surface area contributed by atoms with E-state index in [9.17, 15) is 8.42 Å². The van der Waals surface area contributed by atoms with Crippen LogP contribution < -0.4 is 4.72 Å². The summed E-state index contributed by atoms with van der Waals surface area (Å²) >= 11 is 0. The third-order valence-electron chi connectivity index (χ3n) is 5.13. The molecule has 0 saturated carbocycles. The van der Waals surface area contributed by atoms with E-state index in [-0.39, 0.29) is 11.6 Å². The van der Waals surface area contributed by atoms with Crippen LogP contribution in [0.2, 0.25) is 0 Å². The monoisotopic (exact) mass is 332 g/mol. The first kappa shape index (κ1) is 16.6. The number of hydrogen-bond acceptors (Lipinski definition) is 5. The van der Waals surface area contributed by atoms with E-state index in [1.807, 2.05) is 0 Å². The second kappa shape index (κ2) is 6.73. The number of sulfonamides is 1. The lowest BCUT2D eigenvalue weighted by Gasteiger charge is -2.38. The molecule has 3 fully saturated rings. The van der Waals surface area contributed by atoms with E-state index in [1.165, 1.54) is 6.26 Å². The quantitative estimate of drug-likeness (QED) is 0.816. The van der Waals surface area contributed by atoms with E-state index in [4.69, 9.17) is 9.47 Å². The summed E-state index contributed by atoms with van der Waals surface area (Å²) in [5, 5.41) is 0. The Morgan fingerprint density at radius 1 is 1.23 bits per heavy atom. The van der Waals surface area contributed by atoms with Crippen molar-refractivity contribution in [1.29, 1.82) is 0 Å². The third kappa shape index (κ3) is 4.41. The van der Waals surface area contributed by atoms with Gasteiger partial charge in [0.05, 0.1) is 11.9 Å². The summed E-state index contributed by atoms with van der Waals surface area (Å²) in [6.45, 7) is 5.55. The SMILES string of the molecule is CS(=O)(=O)N[C@H]1CCO[C@]2(CCN(CC3CCOCC3)C2)C1. The first-order valence-corrected chi connectivity index (χ1v) is 10.2. The molecule has 0 aromatic carbocycles. The maximum Gasteiger partial charge on any atom is 0.208 e. The van der Waals surface area contributed by atoms with Crippen molar-refractivity contribution in [2.75, 3.05) is 45.7 Å². The zero-order valence-corrected chi connectivity index (χ0v) is 14.2. The fourth-order valence-corrected chi connectivity index (χ4v) is 4.90. The van der Waals surface area contributed by atoms with E-state index in [2.05, 4.69) is 9.62 Å². The zero-order chi connectivity index (χ0) is 15.6. The van der Waals surface area contributed by atoms with Gasteiger partial charge in [0.15, 0.2) is 0 Å². The molecule has 3 aliphatic heterocycles. The molecule has 0 aromatic heterocycles. The third-order valence-corrected chi connectivity index (χ3v) is 5.89. The molecule has 0 aliphatic carbocycles. The minimum absolute atomic E-state index is 0.0202. The second-order valence-electron chi connectivity index (χ2n) is 7.15. The molecule has 2 atom stereocenters. The maximum absolute atomic E-state index is 11.5. The van der Waals surface area contributed by atoms with Crippen molar-refractivity contribution in [3.05, 3.63) is 0 Å². The van der Waals surface area contributed by atoms with Crippen molar-refractivity contribution in [3.8, 4) is 0 Å². The van der Waals surface area contributed by atoms with Gasteiger partial charge in [-0.3, -0.25) is 0 Å². The highest BCUT2D eigenvalue weighted by Crippen LogP contribution is 2.35. The summed E-state index contributed by atoms with van der Waals surface area (Å²) in [7, 11) is -3.14. The smallest absolute Gasteiger partial charge is 0.208 e. The van der Waals surface area contributed by atoms with Gasteiger partial charge in [-0.15, -0.1) is 0 Å². The molecule has 0 radical (unpaired) electrons.